The highest BCUT2D eigenvalue weighted by Gasteiger charge is 2.11. The van der Waals surface area contributed by atoms with Crippen LogP contribution in [-0.2, 0) is 7.05 Å². The Hall–Kier alpha value is -2.61. The van der Waals surface area contributed by atoms with E-state index in [9.17, 15) is 0 Å². The predicted octanol–water partition coefficient (Wildman–Crippen LogP) is 4.99. The van der Waals surface area contributed by atoms with Crippen LogP contribution in [0, 0.1) is 6.92 Å². The van der Waals surface area contributed by atoms with Crippen LogP contribution in [0.1, 0.15) is 30.7 Å². The molecule has 0 N–H and O–H groups in total. The number of hydrogen-bond donors (Lipinski definition) is 0. The van der Waals surface area contributed by atoms with Crippen LogP contribution >= 0.6 is 0 Å². The summed E-state index contributed by atoms with van der Waals surface area (Å²) in [6.07, 6.45) is 4.39. The highest BCUT2D eigenvalue weighted by Crippen LogP contribution is 2.18. The molecule has 0 unspecified atom stereocenters. The molecule has 1 aromatic heterocycles. The van der Waals surface area contributed by atoms with Crippen molar-refractivity contribution in [3.8, 4) is 0 Å². The fourth-order valence-corrected chi connectivity index (χ4v) is 3.36. The van der Waals surface area contributed by atoms with Crippen LogP contribution < -0.4 is 9.47 Å². The minimum Gasteiger partial charge on any atom is -0.372 e. The normalized spacial score (nSPS) is 11.4. The Morgan fingerprint density at radius 1 is 0.920 bits per heavy atom. The molecule has 0 fully saturated rings. The third-order valence-electron chi connectivity index (χ3n) is 4.91. The molecule has 0 radical (unpaired) electrons. The van der Waals surface area contributed by atoms with Crippen LogP contribution in [0.5, 0.6) is 0 Å². The highest BCUT2D eigenvalue weighted by molar-refractivity contribution is 5.80. The van der Waals surface area contributed by atoms with Crippen molar-refractivity contribution < 1.29 is 4.57 Å². The van der Waals surface area contributed by atoms with Crippen LogP contribution in [-0.4, -0.2) is 13.1 Å². The molecule has 0 bridgehead atoms. The lowest BCUT2D eigenvalue weighted by Crippen LogP contribution is -2.33. The summed E-state index contributed by atoms with van der Waals surface area (Å²) in [6, 6.07) is 19.6. The molecule has 3 rings (SSSR count). The molecule has 1 heterocycles. The quantitative estimate of drug-likeness (QED) is 0.597. The summed E-state index contributed by atoms with van der Waals surface area (Å²) in [5, 5.41) is 1.31. The monoisotopic (exact) mass is 331 g/mol. The molecule has 0 aliphatic rings. The summed E-state index contributed by atoms with van der Waals surface area (Å²) in [6.45, 7) is 8.65. The summed E-state index contributed by atoms with van der Waals surface area (Å²) < 4.78 is 2.25. The van der Waals surface area contributed by atoms with E-state index in [-0.39, 0.29) is 0 Å². The first-order valence-electron chi connectivity index (χ1n) is 9.05. The van der Waals surface area contributed by atoms with E-state index >= 15 is 0 Å². The summed E-state index contributed by atoms with van der Waals surface area (Å²) in [5.74, 6) is 0. The van der Waals surface area contributed by atoms with Gasteiger partial charge in [0.2, 0.25) is 11.2 Å². The van der Waals surface area contributed by atoms with Gasteiger partial charge in [-0.05, 0) is 56.2 Å². The molecule has 0 aliphatic heterocycles. The number of pyridine rings is 1. The Kier molecular flexibility index (Phi) is 5.18. The lowest BCUT2D eigenvalue weighted by Gasteiger charge is -2.20. The van der Waals surface area contributed by atoms with Gasteiger partial charge in [0.25, 0.3) is 0 Å². The topological polar surface area (TPSA) is 7.12 Å². The molecule has 3 aromatic rings. The van der Waals surface area contributed by atoms with E-state index in [1.807, 2.05) is 0 Å². The minimum absolute atomic E-state index is 1.04. The van der Waals surface area contributed by atoms with Crippen molar-refractivity contribution in [3.05, 3.63) is 71.4 Å². The molecule has 2 nitrogen and oxygen atoms in total. The molecule has 2 aromatic carbocycles. The lowest BCUT2D eigenvalue weighted by molar-refractivity contribution is -0.646. The van der Waals surface area contributed by atoms with Crippen molar-refractivity contribution in [2.75, 3.05) is 18.0 Å². The number of aromatic nitrogens is 1. The zero-order valence-corrected chi connectivity index (χ0v) is 15.7. The second kappa shape index (κ2) is 7.52. The van der Waals surface area contributed by atoms with Crippen LogP contribution in [0.25, 0.3) is 23.1 Å². The molecule has 0 saturated heterocycles. The van der Waals surface area contributed by atoms with Gasteiger partial charge in [-0.15, -0.1) is 0 Å². The fourth-order valence-electron chi connectivity index (χ4n) is 3.36. The fraction of sp³-hybridized carbons (Fsp3) is 0.261. The predicted molar refractivity (Wildman–Crippen MR) is 109 cm³/mol. The van der Waals surface area contributed by atoms with Gasteiger partial charge in [0.05, 0.1) is 0 Å². The first kappa shape index (κ1) is 17.2. The number of nitrogens with zero attached hydrogens (tertiary/aromatic N) is 2. The minimum atomic E-state index is 1.04. The van der Waals surface area contributed by atoms with Gasteiger partial charge in [0.1, 0.15) is 7.05 Å². The third kappa shape index (κ3) is 3.58. The van der Waals surface area contributed by atoms with Gasteiger partial charge in [-0.25, -0.2) is 0 Å². The van der Waals surface area contributed by atoms with Crippen molar-refractivity contribution in [2.24, 2.45) is 7.05 Å². The maximum Gasteiger partial charge on any atom is 0.212 e. The summed E-state index contributed by atoms with van der Waals surface area (Å²) in [5.41, 5.74) is 6.30. The molecule has 2 heteroatoms. The Balaban J connectivity index is 1.89. The van der Waals surface area contributed by atoms with E-state index in [0.29, 0.717) is 0 Å². The van der Waals surface area contributed by atoms with E-state index in [0.717, 1.165) is 13.1 Å². The zero-order chi connectivity index (χ0) is 17.8. The highest BCUT2D eigenvalue weighted by atomic mass is 15.1. The van der Waals surface area contributed by atoms with Crippen molar-refractivity contribution in [1.29, 1.82) is 0 Å². The number of para-hydroxylation sites is 1. The Morgan fingerprint density at radius 2 is 1.60 bits per heavy atom. The Bertz CT molecular complexity index is 888. The van der Waals surface area contributed by atoms with Crippen LogP contribution in [0.15, 0.2) is 54.6 Å². The first-order valence-corrected chi connectivity index (χ1v) is 9.05. The van der Waals surface area contributed by atoms with Crippen molar-refractivity contribution in [3.63, 3.8) is 0 Å². The molecule has 0 saturated carbocycles. The van der Waals surface area contributed by atoms with Crippen LogP contribution in [0.4, 0.5) is 5.69 Å². The molecule has 0 spiro atoms. The van der Waals surface area contributed by atoms with Crippen LogP contribution in [0.2, 0.25) is 0 Å². The molecule has 0 atom stereocenters. The van der Waals surface area contributed by atoms with Gasteiger partial charge >= 0.3 is 0 Å². The average molecular weight is 331 g/mol. The second-order valence-electron chi connectivity index (χ2n) is 6.43. The molecule has 0 aliphatic carbocycles. The van der Waals surface area contributed by atoms with Crippen molar-refractivity contribution in [1.82, 2.24) is 0 Å². The van der Waals surface area contributed by atoms with E-state index in [1.165, 1.54) is 33.4 Å². The van der Waals surface area contributed by atoms with Crippen molar-refractivity contribution >= 4 is 28.7 Å². The number of hydrogen-bond acceptors (Lipinski definition) is 1. The number of anilines is 1. The molecule has 25 heavy (non-hydrogen) atoms. The van der Waals surface area contributed by atoms with E-state index in [1.54, 1.807) is 0 Å². The Labute approximate surface area is 151 Å². The van der Waals surface area contributed by atoms with Crippen molar-refractivity contribution in [2.45, 2.75) is 20.8 Å². The maximum atomic E-state index is 2.36. The smallest absolute Gasteiger partial charge is 0.212 e. The largest absolute Gasteiger partial charge is 0.372 e. The number of benzene rings is 2. The van der Waals surface area contributed by atoms with Gasteiger partial charge in [-0.2, -0.15) is 4.57 Å². The molecule has 128 valence electrons. The number of aryl methyl sites for hydroxylation is 2. The number of rotatable bonds is 5. The van der Waals surface area contributed by atoms with Gasteiger partial charge in [-0.1, -0.05) is 24.3 Å². The molecular formula is C23H27N2+. The van der Waals surface area contributed by atoms with Gasteiger partial charge in [0, 0.05) is 42.4 Å². The van der Waals surface area contributed by atoms with E-state index < -0.39 is 0 Å². The van der Waals surface area contributed by atoms with Crippen LogP contribution in [0.3, 0.4) is 0 Å². The first-order chi connectivity index (χ1) is 12.1. The van der Waals surface area contributed by atoms with E-state index in [2.05, 4.69) is 104 Å². The second-order valence-corrected chi connectivity index (χ2v) is 6.43. The Morgan fingerprint density at radius 3 is 2.28 bits per heavy atom. The van der Waals surface area contributed by atoms with Gasteiger partial charge < -0.3 is 4.90 Å². The van der Waals surface area contributed by atoms with E-state index in [4.69, 9.17) is 0 Å². The molecule has 0 amide bonds. The summed E-state index contributed by atoms with van der Waals surface area (Å²) in [4.78, 5) is 2.36. The lowest BCUT2D eigenvalue weighted by atomic mass is 10.1. The van der Waals surface area contributed by atoms with Gasteiger partial charge in [0.15, 0.2) is 0 Å². The average Bonchev–Trinajstić information content (AvgIpc) is 2.65. The summed E-state index contributed by atoms with van der Waals surface area (Å²) in [7, 11) is 2.13. The maximum absolute atomic E-state index is 2.36. The zero-order valence-electron chi connectivity index (χ0n) is 15.7. The SMILES string of the molecule is CCN(CC)c1ccc(/C=C/c2cc(C)c3ccccc3[n+]2C)cc1. The standard InChI is InChI=1S/C23H27N2/c1-5-25(6-2)20-14-11-19(12-15-20)13-16-21-17-18(3)22-9-7-8-10-23(22)24(21)4/h7-17H,5-6H2,1-4H3/q+1. The summed E-state index contributed by atoms with van der Waals surface area (Å²) >= 11 is 0. The van der Waals surface area contributed by atoms with Gasteiger partial charge in [-0.3, -0.25) is 0 Å². The molecular weight excluding hydrogens is 304 g/mol. The number of fused-ring (bicyclic) bond motifs is 1. The third-order valence-corrected chi connectivity index (χ3v) is 4.91.